The molecule has 0 bridgehead atoms. The molecule has 0 heterocycles. The summed E-state index contributed by atoms with van der Waals surface area (Å²) in [5, 5.41) is 2.76. The van der Waals surface area contributed by atoms with E-state index in [-0.39, 0.29) is 12.5 Å². The largest absolute Gasteiger partial charge is 0.493 e. The number of anilines is 1. The van der Waals surface area contributed by atoms with Crippen molar-refractivity contribution in [3.8, 4) is 11.5 Å². The molecule has 6 heteroatoms. The molecule has 0 aliphatic rings. The second-order valence-corrected chi connectivity index (χ2v) is 6.02. The second-order valence-electron chi connectivity index (χ2n) is 6.02. The summed E-state index contributed by atoms with van der Waals surface area (Å²) in [6, 6.07) is 12.6. The van der Waals surface area contributed by atoms with E-state index in [0.717, 1.165) is 17.5 Å². The van der Waals surface area contributed by atoms with Crippen LogP contribution in [0.5, 0.6) is 11.5 Å². The maximum absolute atomic E-state index is 12.2. The average Bonchev–Trinajstić information content (AvgIpc) is 2.72. The van der Waals surface area contributed by atoms with Crippen molar-refractivity contribution in [2.75, 3.05) is 25.6 Å². The van der Waals surface area contributed by atoms with Crippen molar-refractivity contribution in [2.45, 2.75) is 13.3 Å². The molecule has 1 N–H and O–H groups in total. The van der Waals surface area contributed by atoms with Crippen molar-refractivity contribution in [1.29, 1.82) is 0 Å². The Bertz CT molecular complexity index is 871. The van der Waals surface area contributed by atoms with Gasteiger partial charge in [-0.15, -0.1) is 6.58 Å². The molecule has 0 saturated heterocycles. The van der Waals surface area contributed by atoms with E-state index < -0.39 is 5.97 Å². The number of hydrogen-bond donors (Lipinski definition) is 1. The third-order valence-corrected chi connectivity index (χ3v) is 3.86. The van der Waals surface area contributed by atoms with E-state index >= 15 is 0 Å². The summed E-state index contributed by atoms with van der Waals surface area (Å²) in [5.41, 5.74) is 2.49. The van der Waals surface area contributed by atoms with Crippen LogP contribution < -0.4 is 14.8 Å². The van der Waals surface area contributed by atoms with Crippen LogP contribution in [0.3, 0.4) is 0 Å². The van der Waals surface area contributed by atoms with E-state index in [2.05, 4.69) is 11.9 Å². The lowest BCUT2D eigenvalue weighted by Crippen LogP contribution is -2.20. The zero-order valence-corrected chi connectivity index (χ0v) is 16.6. The summed E-state index contributed by atoms with van der Waals surface area (Å²) in [7, 11) is 1.55. The summed E-state index contributed by atoms with van der Waals surface area (Å²) in [6.45, 7) is 5.65. The van der Waals surface area contributed by atoms with Crippen LogP contribution in [0.4, 0.5) is 5.69 Å². The van der Waals surface area contributed by atoms with E-state index in [1.165, 1.54) is 6.08 Å². The Hall–Kier alpha value is -3.54. The highest BCUT2D eigenvalue weighted by Crippen LogP contribution is 2.28. The zero-order valence-electron chi connectivity index (χ0n) is 16.6. The van der Waals surface area contributed by atoms with Gasteiger partial charge in [0.05, 0.1) is 13.7 Å². The first-order valence-corrected chi connectivity index (χ1v) is 9.21. The number of ether oxygens (including phenoxy) is 3. The molecule has 0 fully saturated rings. The van der Waals surface area contributed by atoms with Crippen molar-refractivity contribution >= 4 is 23.6 Å². The molecule has 0 aliphatic heterocycles. The normalized spacial score (nSPS) is 10.4. The monoisotopic (exact) mass is 395 g/mol. The number of hydrogen-bond acceptors (Lipinski definition) is 5. The number of methoxy groups -OCH3 is 1. The molecule has 0 saturated carbocycles. The minimum Gasteiger partial charge on any atom is -0.493 e. The van der Waals surface area contributed by atoms with Crippen LogP contribution >= 0.6 is 0 Å². The first-order valence-electron chi connectivity index (χ1n) is 9.21. The van der Waals surface area contributed by atoms with Gasteiger partial charge in [-0.2, -0.15) is 0 Å². The van der Waals surface area contributed by atoms with E-state index in [1.807, 2.05) is 12.1 Å². The van der Waals surface area contributed by atoms with E-state index in [9.17, 15) is 9.59 Å². The lowest BCUT2D eigenvalue weighted by Gasteiger charge is -2.12. The Morgan fingerprint density at radius 1 is 1.10 bits per heavy atom. The fourth-order valence-corrected chi connectivity index (χ4v) is 2.50. The number of nitrogens with one attached hydrogen (secondary N) is 1. The second kappa shape index (κ2) is 11.3. The van der Waals surface area contributed by atoms with Gasteiger partial charge in [0.1, 0.15) is 0 Å². The summed E-state index contributed by atoms with van der Waals surface area (Å²) in [4.78, 5) is 23.5. The Labute approximate surface area is 170 Å². The molecule has 152 valence electrons. The lowest BCUT2D eigenvalue weighted by molar-refractivity contribution is -0.137. The highest BCUT2D eigenvalue weighted by Gasteiger charge is 2.09. The van der Waals surface area contributed by atoms with Gasteiger partial charge in [0, 0.05) is 11.8 Å². The molecular weight excluding hydrogens is 370 g/mol. The fourth-order valence-electron chi connectivity index (χ4n) is 2.50. The first-order chi connectivity index (χ1) is 14.0. The smallest absolute Gasteiger partial charge is 0.330 e. The Morgan fingerprint density at radius 3 is 2.52 bits per heavy atom. The maximum atomic E-state index is 12.2. The number of allylic oxidation sites excluding steroid dienone is 1. The Balaban J connectivity index is 1.89. The van der Waals surface area contributed by atoms with Gasteiger partial charge in [-0.25, -0.2) is 4.79 Å². The number of benzene rings is 2. The highest BCUT2D eigenvalue weighted by molar-refractivity contribution is 5.92. The summed E-state index contributed by atoms with van der Waals surface area (Å²) >= 11 is 0. The zero-order chi connectivity index (χ0) is 21.1. The minimum absolute atomic E-state index is 0.151. The quantitative estimate of drug-likeness (QED) is 0.374. The Morgan fingerprint density at radius 2 is 1.86 bits per heavy atom. The van der Waals surface area contributed by atoms with Crippen LogP contribution in [0.2, 0.25) is 0 Å². The Kier molecular flexibility index (Phi) is 8.51. The molecule has 2 aromatic rings. The summed E-state index contributed by atoms with van der Waals surface area (Å²) in [6.07, 6.45) is 5.54. The van der Waals surface area contributed by atoms with Gasteiger partial charge in [0.15, 0.2) is 18.1 Å². The van der Waals surface area contributed by atoms with Crippen LogP contribution in [0.1, 0.15) is 18.1 Å². The van der Waals surface area contributed by atoms with Crippen molar-refractivity contribution < 1.29 is 23.8 Å². The van der Waals surface area contributed by atoms with Crippen LogP contribution in [-0.2, 0) is 20.7 Å². The van der Waals surface area contributed by atoms with Crippen LogP contribution in [0.15, 0.2) is 61.2 Å². The third-order valence-electron chi connectivity index (χ3n) is 3.86. The number of amides is 1. The minimum atomic E-state index is -0.394. The van der Waals surface area contributed by atoms with Gasteiger partial charge in [-0.3, -0.25) is 4.79 Å². The molecule has 1 amide bonds. The molecule has 2 aromatic carbocycles. The highest BCUT2D eigenvalue weighted by atomic mass is 16.5. The van der Waals surface area contributed by atoms with E-state index in [0.29, 0.717) is 23.8 Å². The number of rotatable bonds is 10. The van der Waals surface area contributed by atoms with Gasteiger partial charge in [0.2, 0.25) is 0 Å². The lowest BCUT2D eigenvalue weighted by atomic mass is 10.1. The third kappa shape index (κ3) is 7.18. The molecule has 0 aromatic heterocycles. The predicted molar refractivity (Wildman–Crippen MR) is 113 cm³/mol. The average molecular weight is 395 g/mol. The number of esters is 1. The standard InChI is InChI=1S/C23H25NO5/c1-4-6-18-9-13-20(21(15-18)27-3)29-16-22(25)24-19-11-7-17(8-12-19)10-14-23(26)28-5-2/h4,7-15H,1,5-6,16H2,2-3H3,(H,24,25). The van der Waals surface area contributed by atoms with Crippen LogP contribution in [0.25, 0.3) is 6.08 Å². The molecule has 0 atom stereocenters. The maximum Gasteiger partial charge on any atom is 0.330 e. The van der Waals surface area contributed by atoms with E-state index in [1.54, 1.807) is 56.5 Å². The van der Waals surface area contributed by atoms with Gasteiger partial charge >= 0.3 is 5.97 Å². The topological polar surface area (TPSA) is 73.9 Å². The fraction of sp³-hybridized carbons (Fsp3) is 0.217. The van der Waals surface area contributed by atoms with Gasteiger partial charge in [0.25, 0.3) is 5.91 Å². The van der Waals surface area contributed by atoms with Crippen molar-refractivity contribution in [2.24, 2.45) is 0 Å². The molecule has 2 rings (SSSR count). The molecule has 0 aliphatic carbocycles. The summed E-state index contributed by atoms with van der Waals surface area (Å²) < 4.78 is 15.7. The molecule has 29 heavy (non-hydrogen) atoms. The molecule has 0 spiro atoms. The van der Waals surface area contributed by atoms with Crippen molar-refractivity contribution in [3.63, 3.8) is 0 Å². The van der Waals surface area contributed by atoms with Crippen LogP contribution in [-0.4, -0.2) is 32.2 Å². The first kappa shape index (κ1) is 21.8. The molecule has 6 nitrogen and oxygen atoms in total. The molecular formula is C23H25NO5. The van der Waals surface area contributed by atoms with Crippen molar-refractivity contribution in [3.05, 3.63) is 72.3 Å². The number of carbonyl (C=O) groups excluding carboxylic acids is 2. The van der Waals surface area contributed by atoms with E-state index in [4.69, 9.17) is 14.2 Å². The van der Waals surface area contributed by atoms with Gasteiger partial charge in [-0.05, 0) is 54.8 Å². The van der Waals surface area contributed by atoms with Gasteiger partial charge < -0.3 is 19.5 Å². The summed E-state index contributed by atoms with van der Waals surface area (Å²) in [5.74, 6) is 0.372. The molecule has 0 unspecified atom stereocenters. The molecule has 0 radical (unpaired) electrons. The van der Waals surface area contributed by atoms with Crippen LogP contribution in [0, 0.1) is 0 Å². The number of carbonyl (C=O) groups is 2. The van der Waals surface area contributed by atoms with Gasteiger partial charge in [-0.1, -0.05) is 24.3 Å². The van der Waals surface area contributed by atoms with Crippen molar-refractivity contribution in [1.82, 2.24) is 0 Å². The SMILES string of the molecule is C=CCc1ccc(OCC(=O)Nc2ccc(C=CC(=O)OCC)cc2)c(OC)c1. The predicted octanol–water partition coefficient (Wildman–Crippen LogP) is 4.02.